The number of amides is 1. The summed E-state index contributed by atoms with van der Waals surface area (Å²) in [5.74, 6) is 0.264. The second kappa shape index (κ2) is 10.4. The van der Waals surface area contributed by atoms with Crippen LogP contribution in [0.5, 0.6) is 11.5 Å². The van der Waals surface area contributed by atoms with Crippen molar-refractivity contribution in [1.29, 1.82) is 0 Å². The van der Waals surface area contributed by atoms with Gasteiger partial charge in [0, 0.05) is 0 Å². The monoisotopic (exact) mass is 504 g/mol. The molecule has 0 radical (unpaired) electrons. The van der Waals surface area contributed by atoms with E-state index in [1.54, 1.807) is 42.5 Å². The Balaban J connectivity index is 1.69. The first-order valence-electron chi connectivity index (χ1n) is 9.21. The van der Waals surface area contributed by atoms with E-state index in [9.17, 15) is 9.18 Å². The summed E-state index contributed by atoms with van der Waals surface area (Å²) in [6.45, 7) is 2.14. The van der Waals surface area contributed by atoms with E-state index in [0.717, 1.165) is 11.1 Å². The summed E-state index contributed by atoms with van der Waals surface area (Å²) in [5.41, 5.74) is 5.25. The fourth-order valence-electron chi connectivity index (χ4n) is 2.72. The zero-order chi connectivity index (χ0) is 22.4. The number of carbonyl (C=O) groups excluding carboxylic acids is 1. The number of benzene rings is 3. The molecule has 3 aromatic carbocycles. The summed E-state index contributed by atoms with van der Waals surface area (Å²) >= 11 is 9.58. The molecule has 0 atom stereocenters. The smallest absolute Gasteiger partial charge is 0.272 e. The van der Waals surface area contributed by atoms with Gasteiger partial charge in [-0.05, 0) is 75.9 Å². The number of ether oxygens (including phenoxy) is 2. The highest BCUT2D eigenvalue weighted by atomic mass is 79.9. The topological polar surface area (TPSA) is 59.9 Å². The zero-order valence-corrected chi connectivity index (χ0v) is 19.1. The highest BCUT2D eigenvalue weighted by Gasteiger charge is 2.12. The lowest BCUT2D eigenvalue weighted by Gasteiger charge is -2.13. The predicted molar refractivity (Wildman–Crippen MR) is 123 cm³/mol. The van der Waals surface area contributed by atoms with Crippen molar-refractivity contribution in [2.45, 2.75) is 13.5 Å². The predicted octanol–water partition coefficient (Wildman–Crippen LogP) is 5.90. The molecule has 0 saturated carbocycles. The van der Waals surface area contributed by atoms with Gasteiger partial charge in [0.15, 0.2) is 11.5 Å². The number of aryl methyl sites for hydroxylation is 1. The first kappa shape index (κ1) is 22.8. The van der Waals surface area contributed by atoms with Crippen molar-refractivity contribution in [3.63, 3.8) is 0 Å². The Labute approximate surface area is 193 Å². The number of nitrogens with one attached hydrogen (secondary N) is 1. The molecule has 5 nitrogen and oxygen atoms in total. The molecule has 1 N–H and O–H groups in total. The number of hydrogen-bond donors (Lipinski definition) is 1. The third-order valence-electron chi connectivity index (χ3n) is 4.30. The number of halogens is 3. The molecule has 0 spiro atoms. The summed E-state index contributed by atoms with van der Waals surface area (Å²) in [6.07, 6.45) is 1.48. The minimum Gasteiger partial charge on any atom is -0.493 e. The fraction of sp³-hybridized carbons (Fsp3) is 0.130. The molecule has 8 heteroatoms. The molecule has 0 bridgehead atoms. The van der Waals surface area contributed by atoms with Crippen molar-refractivity contribution < 1.29 is 18.7 Å². The van der Waals surface area contributed by atoms with Gasteiger partial charge in [-0.15, -0.1) is 0 Å². The van der Waals surface area contributed by atoms with Crippen LogP contribution in [0.1, 0.15) is 27.0 Å². The molecular formula is C23H19BrClFN2O3. The first-order chi connectivity index (χ1) is 14.9. The van der Waals surface area contributed by atoms with Crippen LogP contribution in [-0.4, -0.2) is 19.2 Å². The van der Waals surface area contributed by atoms with Gasteiger partial charge in [-0.3, -0.25) is 4.79 Å². The number of hydrazone groups is 1. The third kappa shape index (κ3) is 6.06. The first-order valence-corrected chi connectivity index (χ1v) is 10.4. The van der Waals surface area contributed by atoms with Gasteiger partial charge >= 0.3 is 0 Å². The maximum atomic E-state index is 13.0. The lowest BCUT2D eigenvalue weighted by Crippen LogP contribution is -2.18. The highest BCUT2D eigenvalue weighted by molar-refractivity contribution is 9.10. The van der Waals surface area contributed by atoms with Crippen LogP contribution < -0.4 is 14.9 Å². The Hall–Kier alpha value is -2.90. The van der Waals surface area contributed by atoms with Gasteiger partial charge < -0.3 is 9.47 Å². The number of rotatable bonds is 7. The second-order valence-electron chi connectivity index (χ2n) is 6.63. The SMILES string of the molecule is COc1cc(/C=N\NC(=O)c2ccc(C)cc2Cl)cc(Br)c1OCc1ccc(F)cc1. The van der Waals surface area contributed by atoms with Crippen LogP contribution in [0.25, 0.3) is 0 Å². The molecule has 0 aliphatic rings. The molecule has 0 aliphatic carbocycles. The lowest BCUT2D eigenvalue weighted by atomic mass is 10.1. The van der Waals surface area contributed by atoms with Gasteiger partial charge in [0.05, 0.1) is 28.4 Å². The fourth-order valence-corrected chi connectivity index (χ4v) is 3.62. The number of hydrogen-bond acceptors (Lipinski definition) is 4. The van der Waals surface area contributed by atoms with Gasteiger partial charge in [-0.2, -0.15) is 5.10 Å². The van der Waals surface area contributed by atoms with Crippen LogP contribution in [0.4, 0.5) is 4.39 Å². The van der Waals surface area contributed by atoms with E-state index in [-0.39, 0.29) is 12.4 Å². The minimum atomic E-state index is -0.411. The van der Waals surface area contributed by atoms with Crippen molar-refractivity contribution in [2.24, 2.45) is 5.10 Å². The van der Waals surface area contributed by atoms with E-state index in [1.165, 1.54) is 25.5 Å². The van der Waals surface area contributed by atoms with E-state index in [1.807, 2.05) is 6.92 Å². The lowest BCUT2D eigenvalue weighted by molar-refractivity contribution is 0.0955. The Morgan fingerprint density at radius 2 is 1.94 bits per heavy atom. The van der Waals surface area contributed by atoms with Crippen LogP contribution >= 0.6 is 27.5 Å². The Bertz CT molecular complexity index is 1120. The van der Waals surface area contributed by atoms with Gasteiger partial charge in [0.25, 0.3) is 5.91 Å². The largest absolute Gasteiger partial charge is 0.493 e. The highest BCUT2D eigenvalue weighted by Crippen LogP contribution is 2.36. The van der Waals surface area contributed by atoms with Crippen molar-refractivity contribution in [3.8, 4) is 11.5 Å². The van der Waals surface area contributed by atoms with Crippen LogP contribution in [0.2, 0.25) is 5.02 Å². The second-order valence-corrected chi connectivity index (χ2v) is 7.89. The molecule has 0 saturated heterocycles. The van der Waals surface area contributed by atoms with Crippen molar-refractivity contribution >= 4 is 39.7 Å². The number of nitrogens with zero attached hydrogens (tertiary/aromatic N) is 1. The summed E-state index contributed by atoms with van der Waals surface area (Å²) in [7, 11) is 1.52. The van der Waals surface area contributed by atoms with Crippen LogP contribution in [0.15, 0.2) is 64.2 Å². The molecule has 0 aliphatic heterocycles. The van der Waals surface area contributed by atoms with E-state index < -0.39 is 5.91 Å². The summed E-state index contributed by atoms with van der Waals surface area (Å²) < 4.78 is 24.9. The summed E-state index contributed by atoms with van der Waals surface area (Å²) in [6, 6.07) is 14.7. The standard InChI is InChI=1S/C23H19BrClFN2O3/c1-14-3-8-18(20(25)9-14)23(29)28-27-12-16-10-19(24)22(21(11-16)30-2)31-13-15-4-6-17(26)7-5-15/h3-12H,13H2,1-2H3,(H,28,29)/b27-12-. The number of carbonyl (C=O) groups is 1. The van der Waals surface area contributed by atoms with Crippen molar-refractivity contribution in [3.05, 3.63) is 92.2 Å². The molecule has 3 aromatic rings. The average molecular weight is 506 g/mol. The Morgan fingerprint density at radius 3 is 2.61 bits per heavy atom. The minimum absolute atomic E-state index is 0.246. The summed E-state index contributed by atoms with van der Waals surface area (Å²) in [5, 5.41) is 4.35. The Kier molecular flexibility index (Phi) is 7.65. The molecule has 1 amide bonds. The van der Waals surface area contributed by atoms with E-state index in [2.05, 4.69) is 26.5 Å². The molecule has 31 heavy (non-hydrogen) atoms. The molecule has 0 fully saturated rings. The van der Waals surface area contributed by atoms with Crippen molar-refractivity contribution in [1.82, 2.24) is 5.43 Å². The maximum Gasteiger partial charge on any atom is 0.272 e. The maximum absolute atomic E-state index is 13.0. The quantitative estimate of drug-likeness (QED) is 0.321. The molecule has 0 aromatic heterocycles. The van der Waals surface area contributed by atoms with Gasteiger partial charge in [0.2, 0.25) is 0 Å². The third-order valence-corrected chi connectivity index (χ3v) is 5.20. The zero-order valence-electron chi connectivity index (χ0n) is 16.8. The van der Waals surface area contributed by atoms with Gasteiger partial charge in [0.1, 0.15) is 12.4 Å². The normalized spacial score (nSPS) is 10.9. The number of methoxy groups -OCH3 is 1. The van der Waals surface area contributed by atoms with E-state index in [0.29, 0.717) is 32.1 Å². The molecule has 0 unspecified atom stereocenters. The Morgan fingerprint density at radius 1 is 1.19 bits per heavy atom. The van der Waals surface area contributed by atoms with Crippen LogP contribution in [-0.2, 0) is 6.61 Å². The van der Waals surface area contributed by atoms with Gasteiger partial charge in [-0.1, -0.05) is 29.8 Å². The van der Waals surface area contributed by atoms with Crippen molar-refractivity contribution in [2.75, 3.05) is 7.11 Å². The van der Waals surface area contributed by atoms with E-state index >= 15 is 0 Å². The molecular weight excluding hydrogens is 487 g/mol. The van der Waals surface area contributed by atoms with Crippen LogP contribution in [0, 0.1) is 12.7 Å². The van der Waals surface area contributed by atoms with E-state index in [4.69, 9.17) is 21.1 Å². The average Bonchev–Trinajstić information content (AvgIpc) is 2.73. The molecule has 0 heterocycles. The molecule has 160 valence electrons. The summed E-state index contributed by atoms with van der Waals surface area (Å²) in [4.78, 5) is 12.3. The molecule has 3 rings (SSSR count). The van der Waals surface area contributed by atoms with Gasteiger partial charge in [-0.25, -0.2) is 9.82 Å². The van der Waals surface area contributed by atoms with Crippen LogP contribution in [0.3, 0.4) is 0 Å².